The Labute approximate surface area is 89.5 Å². The molecule has 1 aliphatic rings. The van der Waals surface area contributed by atoms with Gasteiger partial charge in [-0.2, -0.15) is 0 Å². The van der Waals surface area contributed by atoms with E-state index in [0.29, 0.717) is 11.5 Å². The monoisotopic (exact) mass is 197 g/mol. The highest BCUT2D eigenvalue weighted by atomic mass is 14.7. The lowest BCUT2D eigenvalue weighted by Crippen LogP contribution is -2.41. The van der Waals surface area contributed by atoms with E-state index >= 15 is 0 Å². The molecule has 0 aromatic rings. The molecule has 1 nitrogen and oxygen atoms in total. The van der Waals surface area contributed by atoms with Crippen molar-refractivity contribution in [3.8, 4) is 0 Å². The predicted molar refractivity (Wildman–Crippen MR) is 63.1 cm³/mol. The molecule has 3 atom stereocenters. The first kappa shape index (κ1) is 12.0. The van der Waals surface area contributed by atoms with Crippen LogP contribution in [0.3, 0.4) is 0 Å². The average Bonchev–Trinajstić information content (AvgIpc) is 2.01. The van der Waals surface area contributed by atoms with Gasteiger partial charge in [0.15, 0.2) is 0 Å². The molecule has 0 spiro atoms. The molecule has 3 unspecified atom stereocenters. The maximum Gasteiger partial charge on any atom is 0.00418 e. The molecule has 1 heteroatoms. The SMILES string of the molecule is CC(C)C1CCC(N)CC1C(C)(C)C. The van der Waals surface area contributed by atoms with Crippen LogP contribution < -0.4 is 5.73 Å². The van der Waals surface area contributed by atoms with Crippen LogP contribution >= 0.6 is 0 Å². The Morgan fingerprint density at radius 2 is 1.71 bits per heavy atom. The Hall–Kier alpha value is -0.0400. The maximum atomic E-state index is 6.08. The number of hydrogen-bond acceptors (Lipinski definition) is 1. The molecule has 1 rings (SSSR count). The van der Waals surface area contributed by atoms with E-state index in [2.05, 4.69) is 34.6 Å². The largest absolute Gasteiger partial charge is 0.328 e. The summed E-state index contributed by atoms with van der Waals surface area (Å²) in [5, 5.41) is 0. The van der Waals surface area contributed by atoms with E-state index in [1.807, 2.05) is 0 Å². The second kappa shape index (κ2) is 4.22. The van der Waals surface area contributed by atoms with Gasteiger partial charge in [-0.15, -0.1) is 0 Å². The Morgan fingerprint density at radius 1 is 1.14 bits per heavy atom. The zero-order valence-electron chi connectivity index (χ0n) is 10.5. The van der Waals surface area contributed by atoms with Crippen LogP contribution in [0.15, 0.2) is 0 Å². The molecule has 0 heterocycles. The number of hydrogen-bond donors (Lipinski definition) is 1. The molecule has 0 aliphatic heterocycles. The lowest BCUT2D eigenvalue weighted by Gasteiger charge is -2.44. The van der Waals surface area contributed by atoms with Gasteiger partial charge in [-0.05, 0) is 42.4 Å². The minimum Gasteiger partial charge on any atom is -0.328 e. The molecular weight excluding hydrogens is 170 g/mol. The molecular formula is C13H27N. The van der Waals surface area contributed by atoms with Crippen molar-refractivity contribution < 1.29 is 0 Å². The molecule has 0 bridgehead atoms. The second-order valence-corrected chi connectivity index (χ2v) is 6.45. The van der Waals surface area contributed by atoms with Crippen molar-refractivity contribution >= 4 is 0 Å². The molecule has 1 aliphatic carbocycles. The third kappa shape index (κ3) is 2.73. The molecule has 2 N–H and O–H groups in total. The summed E-state index contributed by atoms with van der Waals surface area (Å²) in [4.78, 5) is 0. The van der Waals surface area contributed by atoms with Crippen molar-refractivity contribution in [1.29, 1.82) is 0 Å². The van der Waals surface area contributed by atoms with E-state index in [4.69, 9.17) is 5.73 Å². The lowest BCUT2D eigenvalue weighted by molar-refractivity contribution is 0.0677. The zero-order chi connectivity index (χ0) is 10.9. The molecule has 0 radical (unpaired) electrons. The van der Waals surface area contributed by atoms with Gasteiger partial charge in [0.05, 0.1) is 0 Å². The summed E-state index contributed by atoms with van der Waals surface area (Å²) in [6, 6.07) is 0.453. The van der Waals surface area contributed by atoms with Crippen LogP contribution in [0.4, 0.5) is 0 Å². The highest BCUT2D eigenvalue weighted by molar-refractivity contribution is 4.89. The summed E-state index contributed by atoms with van der Waals surface area (Å²) in [7, 11) is 0. The van der Waals surface area contributed by atoms with E-state index in [-0.39, 0.29) is 0 Å². The van der Waals surface area contributed by atoms with Gasteiger partial charge in [0, 0.05) is 6.04 Å². The molecule has 1 saturated carbocycles. The first-order valence-electron chi connectivity index (χ1n) is 6.08. The minimum absolute atomic E-state index is 0.424. The van der Waals surface area contributed by atoms with Crippen LogP contribution in [0.25, 0.3) is 0 Å². The fourth-order valence-electron chi connectivity index (χ4n) is 3.02. The third-order valence-electron chi connectivity index (χ3n) is 3.91. The Kier molecular flexibility index (Phi) is 3.63. The molecule has 0 aromatic carbocycles. The Morgan fingerprint density at radius 3 is 2.14 bits per heavy atom. The molecule has 84 valence electrons. The van der Waals surface area contributed by atoms with Gasteiger partial charge in [0.2, 0.25) is 0 Å². The van der Waals surface area contributed by atoms with Crippen molar-refractivity contribution in [3.63, 3.8) is 0 Å². The first-order valence-corrected chi connectivity index (χ1v) is 6.08. The average molecular weight is 197 g/mol. The number of nitrogens with two attached hydrogens (primary N) is 1. The quantitative estimate of drug-likeness (QED) is 0.684. The second-order valence-electron chi connectivity index (χ2n) is 6.45. The molecule has 14 heavy (non-hydrogen) atoms. The fraction of sp³-hybridized carbons (Fsp3) is 1.00. The highest BCUT2D eigenvalue weighted by Gasteiger charge is 2.37. The van der Waals surface area contributed by atoms with Gasteiger partial charge < -0.3 is 5.73 Å². The maximum absolute atomic E-state index is 6.08. The van der Waals surface area contributed by atoms with Crippen molar-refractivity contribution in [1.82, 2.24) is 0 Å². The minimum atomic E-state index is 0.424. The van der Waals surface area contributed by atoms with Gasteiger partial charge >= 0.3 is 0 Å². The molecule has 0 aromatic heterocycles. The van der Waals surface area contributed by atoms with Gasteiger partial charge in [0.25, 0.3) is 0 Å². The van der Waals surface area contributed by atoms with Crippen LogP contribution in [0.5, 0.6) is 0 Å². The summed E-state index contributed by atoms with van der Waals surface area (Å²) in [6.07, 6.45) is 3.79. The van der Waals surface area contributed by atoms with E-state index in [1.54, 1.807) is 0 Å². The topological polar surface area (TPSA) is 26.0 Å². The normalized spacial score (nSPS) is 34.9. The van der Waals surface area contributed by atoms with E-state index < -0.39 is 0 Å². The molecule has 0 amide bonds. The van der Waals surface area contributed by atoms with Gasteiger partial charge in [-0.3, -0.25) is 0 Å². The van der Waals surface area contributed by atoms with Crippen molar-refractivity contribution in [2.45, 2.75) is 59.9 Å². The third-order valence-corrected chi connectivity index (χ3v) is 3.91. The lowest BCUT2D eigenvalue weighted by atomic mass is 9.62. The first-order chi connectivity index (χ1) is 6.32. The molecule has 0 saturated heterocycles. The summed E-state index contributed by atoms with van der Waals surface area (Å²) < 4.78 is 0. The van der Waals surface area contributed by atoms with Crippen LogP contribution in [-0.2, 0) is 0 Å². The Bertz CT molecular complexity index is 178. The zero-order valence-corrected chi connectivity index (χ0v) is 10.5. The highest BCUT2D eigenvalue weighted by Crippen LogP contribution is 2.44. The van der Waals surface area contributed by atoms with Crippen LogP contribution in [0.1, 0.15) is 53.9 Å². The van der Waals surface area contributed by atoms with Crippen LogP contribution in [0.2, 0.25) is 0 Å². The van der Waals surface area contributed by atoms with E-state index in [0.717, 1.165) is 17.8 Å². The van der Waals surface area contributed by atoms with Crippen molar-refractivity contribution in [2.75, 3.05) is 0 Å². The smallest absolute Gasteiger partial charge is 0.00418 e. The van der Waals surface area contributed by atoms with E-state index in [1.165, 1.54) is 19.3 Å². The van der Waals surface area contributed by atoms with Crippen LogP contribution in [-0.4, -0.2) is 6.04 Å². The standard InChI is InChI=1S/C13H27N/c1-9(2)11-7-6-10(14)8-12(11)13(3,4)5/h9-12H,6-8,14H2,1-5H3. The predicted octanol–water partition coefficient (Wildman–Crippen LogP) is 3.43. The number of rotatable bonds is 1. The summed E-state index contributed by atoms with van der Waals surface area (Å²) in [6.45, 7) is 11.8. The summed E-state index contributed by atoms with van der Waals surface area (Å²) in [5.41, 5.74) is 6.51. The van der Waals surface area contributed by atoms with Gasteiger partial charge in [-0.25, -0.2) is 0 Å². The van der Waals surface area contributed by atoms with Crippen molar-refractivity contribution in [2.24, 2.45) is 28.9 Å². The Balaban J connectivity index is 2.74. The summed E-state index contributed by atoms with van der Waals surface area (Å²) in [5.74, 6) is 2.51. The van der Waals surface area contributed by atoms with Gasteiger partial charge in [-0.1, -0.05) is 34.6 Å². The molecule has 1 fully saturated rings. The summed E-state index contributed by atoms with van der Waals surface area (Å²) >= 11 is 0. The van der Waals surface area contributed by atoms with Crippen LogP contribution in [0, 0.1) is 23.2 Å². The fourth-order valence-corrected chi connectivity index (χ4v) is 3.02. The van der Waals surface area contributed by atoms with Crippen molar-refractivity contribution in [3.05, 3.63) is 0 Å². The van der Waals surface area contributed by atoms with Gasteiger partial charge in [0.1, 0.15) is 0 Å². The van der Waals surface area contributed by atoms with E-state index in [9.17, 15) is 0 Å².